The van der Waals surface area contributed by atoms with E-state index in [0.717, 1.165) is 19.1 Å². The van der Waals surface area contributed by atoms with Crippen LogP contribution in [0, 0.1) is 5.92 Å². The summed E-state index contributed by atoms with van der Waals surface area (Å²) < 4.78 is 5.28. The maximum atomic E-state index is 10.1. The van der Waals surface area contributed by atoms with Crippen molar-refractivity contribution in [1.29, 1.82) is 0 Å². The zero-order valence-corrected chi connectivity index (χ0v) is 8.12. The molecule has 0 fully saturated rings. The first kappa shape index (κ1) is 11.4. The molecule has 70 valence electrons. The standard InChI is InChI=1S/C10H18O2/c1-4-6-10(12-3)9(2)7-5-8-11/h5,7-10H,4,6H2,1-3H3. The molecule has 0 aromatic heterocycles. The van der Waals surface area contributed by atoms with E-state index in [1.54, 1.807) is 7.11 Å². The summed E-state index contributed by atoms with van der Waals surface area (Å²) in [5.74, 6) is 0.320. The molecule has 2 atom stereocenters. The summed E-state index contributed by atoms with van der Waals surface area (Å²) in [6, 6.07) is 0. The highest BCUT2D eigenvalue weighted by Gasteiger charge is 2.11. The Balaban J connectivity index is 3.91. The van der Waals surface area contributed by atoms with Gasteiger partial charge in [0.05, 0.1) is 6.10 Å². The largest absolute Gasteiger partial charge is 0.381 e. The van der Waals surface area contributed by atoms with Crippen LogP contribution < -0.4 is 0 Å². The highest BCUT2D eigenvalue weighted by atomic mass is 16.5. The molecule has 2 unspecified atom stereocenters. The molecule has 0 amide bonds. The second-order valence-electron chi connectivity index (χ2n) is 2.94. The molecular formula is C10H18O2. The lowest BCUT2D eigenvalue weighted by Crippen LogP contribution is -2.18. The Morgan fingerprint density at radius 2 is 2.17 bits per heavy atom. The van der Waals surface area contributed by atoms with Crippen molar-refractivity contribution in [3.63, 3.8) is 0 Å². The number of carbonyl (C=O) groups excluding carboxylic acids is 1. The Kier molecular flexibility index (Phi) is 6.67. The fourth-order valence-electron chi connectivity index (χ4n) is 1.22. The van der Waals surface area contributed by atoms with Gasteiger partial charge in [0.15, 0.2) is 0 Å². The molecule has 0 heterocycles. The minimum atomic E-state index is 0.242. The highest BCUT2D eigenvalue weighted by molar-refractivity contribution is 5.64. The van der Waals surface area contributed by atoms with Gasteiger partial charge in [0.25, 0.3) is 0 Å². The van der Waals surface area contributed by atoms with E-state index >= 15 is 0 Å². The Labute approximate surface area is 74.6 Å². The zero-order valence-electron chi connectivity index (χ0n) is 8.12. The van der Waals surface area contributed by atoms with E-state index in [1.807, 2.05) is 6.08 Å². The number of aldehydes is 1. The summed E-state index contributed by atoms with van der Waals surface area (Å²) in [5.41, 5.74) is 0. The molecule has 2 nitrogen and oxygen atoms in total. The third kappa shape index (κ3) is 4.29. The Hall–Kier alpha value is -0.630. The molecule has 0 N–H and O–H groups in total. The molecule has 0 saturated carbocycles. The first-order valence-electron chi connectivity index (χ1n) is 4.41. The molecule has 12 heavy (non-hydrogen) atoms. The lowest BCUT2D eigenvalue weighted by atomic mass is 10.0. The molecular weight excluding hydrogens is 152 g/mol. The maximum absolute atomic E-state index is 10.1. The van der Waals surface area contributed by atoms with Gasteiger partial charge in [-0.25, -0.2) is 0 Å². The summed E-state index contributed by atoms with van der Waals surface area (Å²) in [6.07, 6.45) is 6.61. The van der Waals surface area contributed by atoms with Gasteiger partial charge in [-0.1, -0.05) is 26.3 Å². The lowest BCUT2D eigenvalue weighted by molar-refractivity contribution is -0.104. The van der Waals surface area contributed by atoms with E-state index < -0.39 is 0 Å². The SMILES string of the molecule is CCCC(OC)C(C)C=CC=O. The minimum Gasteiger partial charge on any atom is -0.381 e. The van der Waals surface area contributed by atoms with Crippen LogP contribution in [-0.2, 0) is 9.53 Å². The number of allylic oxidation sites excluding steroid dienone is 1. The van der Waals surface area contributed by atoms with Crippen molar-refractivity contribution < 1.29 is 9.53 Å². The molecule has 0 aliphatic carbocycles. The molecule has 0 spiro atoms. The lowest BCUT2D eigenvalue weighted by Gasteiger charge is -2.18. The van der Waals surface area contributed by atoms with E-state index in [9.17, 15) is 4.79 Å². The number of hydrogen-bond donors (Lipinski definition) is 0. The summed E-state index contributed by atoms with van der Waals surface area (Å²) >= 11 is 0. The molecule has 0 aliphatic heterocycles. The Morgan fingerprint density at radius 3 is 2.58 bits per heavy atom. The predicted octanol–water partition coefficient (Wildman–Crippen LogP) is 2.19. The molecule has 0 bridgehead atoms. The van der Waals surface area contributed by atoms with Gasteiger partial charge in [-0.15, -0.1) is 0 Å². The second kappa shape index (κ2) is 7.04. The number of carbonyl (C=O) groups is 1. The van der Waals surface area contributed by atoms with Gasteiger partial charge in [0.1, 0.15) is 6.29 Å². The second-order valence-corrected chi connectivity index (χ2v) is 2.94. The molecule has 0 rings (SSSR count). The quantitative estimate of drug-likeness (QED) is 0.451. The van der Waals surface area contributed by atoms with Gasteiger partial charge in [-0.05, 0) is 12.5 Å². The fourth-order valence-corrected chi connectivity index (χ4v) is 1.22. The first-order valence-corrected chi connectivity index (χ1v) is 4.41. The van der Waals surface area contributed by atoms with Gasteiger partial charge in [-0.3, -0.25) is 4.79 Å². The van der Waals surface area contributed by atoms with Gasteiger partial charge in [0.2, 0.25) is 0 Å². The monoisotopic (exact) mass is 170 g/mol. The van der Waals surface area contributed by atoms with Crippen LogP contribution in [-0.4, -0.2) is 19.5 Å². The van der Waals surface area contributed by atoms with Crippen molar-refractivity contribution in [3.8, 4) is 0 Å². The van der Waals surface area contributed by atoms with Crippen molar-refractivity contribution in [2.75, 3.05) is 7.11 Å². The molecule has 0 aromatic rings. The summed E-state index contributed by atoms with van der Waals surface area (Å²) in [6.45, 7) is 4.19. The minimum absolute atomic E-state index is 0.242. The highest BCUT2D eigenvalue weighted by Crippen LogP contribution is 2.13. The van der Waals surface area contributed by atoms with Crippen molar-refractivity contribution in [2.24, 2.45) is 5.92 Å². The Morgan fingerprint density at radius 1 is 1.50 bits per heavy atom. The fraction of sp³-hybridized carbons (Fsp3) is 0.700. The number of ether oxygens (including phenoxy) is 1. The summed E-state index contributed by atoms with van der Waals surface area (Å²) in [4.78, 5) is 10.1. The van der Waals surface area contributed by atoms with Crippen molar-refractivity contribution in [3.05, 3.63) is 12.2 Å². The van der Waals surface area contributed by atoms with Crippen LogP contribution in [0.3, 0.4) is 0 Å². The van der Waals surface area contributed by atoms with Crippen LogP contribution in [0.4, 0.5) is 0 Å². The van der Waals surface area contributed by atoms with Crippen LogP contribution in [0.1, 0.15) is 26.7 Å². The Bertz CT molecular complexity index is 141. The average molecular weight is 170 g/mol. The smallest absolute Gasteiger partial charge is 0.142 e. The van der Waals surface area contributed by atoms with E-state index in [4.69, 9.17) is 4.74 Å². The number of methoxy groups -OCH3 is 1. The van der Waals surface area contributed by atoms with Gasteiger partial charge >= 0.3 is 0 Å². The topological polar surface area (TPSA) is 26.3 Å². The number of rotatable bonds is 6. The van der Waals surface area contributed by atoms with Crippen LogP contribution >= 0.6 is 0 Å². The third-order valence-corrected chi connectivity index (χ3v) is 1.96. The first-order chi connectivity index (χ1) is 5.76. The maximum Gasteiger partial charge on any atom is 0.142 e. The van der Waals surface area contributed by atoms with E-state index in [1.165, 1.54) is 6.08 Å². The van der Waals surface area contributed by atoms with Crippen molar-refractivity contribution in [1.82, 2.24) is 0 Å². The molecule has 2 heteroatoms. The molecule has 0 radical (unpaired) electrons. The third-order valence-electron chi connectivity index (χ3n) is 1.96. The van der Waals surface area contributed by atoms with Gasteiger partial charge in [-0.2, -0.15) is 0 Å². The zero-order chi connectivity index (χ0) is 9.40. The predicted molar refractivity (Wildman–Crippen MR) is 50.1 cm³/mol. The van der Waals surface area contributed by atoms with Gasteiger partial charge < -0.3 is 4.74 Å². The van der Waals surface area contributed by atoms with Crippen LogP contribution in [0.15, 0.2) is 12.2 Å². The van der Waals surface area contributed by atoms with E-state index in [-0.39, 0.29) is 6.10 Å². The number of hydrogen-bond acceptors (Lipinski definition) is 2. The van der Waals surface area contributed by atoms with Crippen LogP contribution in [0.5, 0.6) is 0 Å². The van der Waals surface area contributed by atoms with Crippen molar-refractivity contribution in [2.45, 2.75) is 32.8 Å². The van der Waals surface area contributed by atoms with E-state index in [0.29, 0.717) is 5.92 Å². The average Bonchev–Trinajstić information content (AvgIpc) is 2.10. The molecule has 0 aliphatic rings. The van der Waals surface area contributed by atoms with Crippen molar-refractivity contribution >= 4 is 6.29 Å². The van der Waals surface area contributed by atoms with E-state index in [2.05, 4.69) is 13.8 Å². The normalized spacial score (nSPS) is 16.2. The molecule has 0 aromatic carbocycles. The van der Waals surface area contributed by atoms with Crippen LogP contribution in [0.25, 0.3) is 0 Å². The summed E-state index contributed by atoms with van der Waals surface area (Å²) in [7, 11) is 1.71. The summed E-state index contributed by atoms with van der Waals surface area (Å²) in [5, 5.41) is 0. The van der Waals surface area contributed by atoms with Crippen LogP contribution in [0.2, 0.25) is 0 Å². The molecule has 0 saturated heterocycles. The van der Waals surface area contributed by atoms with Gasteiger partial charge in [0, 0.05) is 13.0 Å².